The topological polar surface area (TPSA) is 93.1 Å². The van der Waals surface area contributed by atoms with Gasteiger partial charge in [-0.3, -0.25) is 9.59 Å². The Balaban J connectivity index is 1.59. The number of carbonyl (C=O) groups excluding carboxylic acids is 2. The number of aliphatic hydroxyl groups is 2. The van der Waals surface area contributed by atoms with Gasteiger partial charge in [-0.25, -0.2) is 0 Å². The molecule has 4 fully saturated rings. The first-order valence-corrected chi connectivity index (χ1v) is 13.4. The molecule has 0 radical (unpaired) electrons. The molecule has 6 atom stereocenters. The zero-order chi connectivity index (χ0) is 19.7. The van der Waals surface area contributed by atoms with E-state index in [0.717, 1.165) is 11.5 Å². The average molecular weight is 449 g/mol. The molecule has 4 aliphatic heterocycles. The van der Waals surface area contributed by atoms with Crippen molar-refractivity contribution < 1.29 is 29.3 Å². The van der Waals surface area contributed by atoms with Crippen LogP contribution in [-0.4, -0.2) is 87.5 Å². The van der Waals surface area contributed by atoms with Crippen molar-refractivity contribution in [3.8, 4) is 0 Å². The highest BCUT2D eigenvalue weighted by Gasteiger charge is 2.60. The third-order valence-electron chi connectivity index (χ3n) is 6.42. The molecular formula is C19H28O6S3. The number of Topliss-reactive ketones (excluding diaryl/α,β-unsaturated/α-hetero) is 2. The Morgan fingerprint density at radius 3 is 1.68 bits per heavy atom. The highest BCUT2D eigenvalue weighted by Crippen LogP contribution is 2.49. The Morgan fingerprint density at radius 2 is 1.25 bits per heavy atom. The molecule has 1 spiro atoms. The van der Waals surface area contributed by atoms with Gasteiger partial charge in [-0.05, 0) is 0 Å². The number of hydrogen-bond acceptors (Lipinski definition) is 9. The summed E-state index contributed by atoms with van der Waals surface area (Å²) in [5.74, 6) is 1.54. The fourth-order valence-corrected chi connectivity index (χ4v) is 8.64. The quantitative estimate of drug-likeness (QED) is 0.655. The van der Waals surface area contributed by atoms with Gasteiger partial charge < -0.3 is 19.7 Å². The van der Waals surface area contributed by atoms with Crippen LogP contribution in [0.1, 0.15) is 12.8 Å². The van der Waals surface area contributed by atoms with E-state index in [2.05, 4.69) is 0 Å². The molecule has 0 bridgehead atoms. The number of hydrogen-bond donors (Lipinski definition) is 2. The van der Waals surface area contributed by atoms with Crippen molar-refractivity contribution in [1.29, 1.82) is 0 Å². The van der Waals surface area contributed by atoms with Crippen molar-refractivity contribution in [3.05, 3.63) is 0 Å². The summed E-state index contributed by atoms with van der Waals surface area (Å²) in [4.78, 5) is 24.9. The fourth-order valence-electron chi connectivity index (χ4n) is 4.84. The van der Waals surface area contributed by atoms with Crippen molar-refractivity contribution in [3.63, 3.8) is 0 Å². The third-order valence-corrected chi connectivity index (χ3v) is 9.79. The van der Waals surface area contributed by atoms with Gasteiger partial charge in [0.25, 0.3) is 0 Å². The van der Waals surface area contributed by atoms with Crippen molar-refractivity contribution in [1.82, 2.24) is 0 Å². The van der Waals surface area contributed by atoms with Gasteiger partial charge in [0, 0.05) is 59.2 Å². The van der Waals surface area contributed by atoms with Gasteiger partial charge in [0.05, 0.1) is 37.3 Å². The number of rotatable bonds is 4. The van der Waals surface area contributed by atoms with Crippen LogP contribution in [0.3, 0.4) is 0 Å². The summed E-state index contributed by atoms with van der Waals surface area (Å²) in [7, 11) is 0. The van der Waals surface area contributed by atoms with Crippen LogP contribution in [0.4, 0.5) is 0 Å². The van der Waals surface area contributed by atoms with Gasteiger partial charge in [0.1, 0.15) is 11.6 Å². The van der Waals surface area contributed by atoms with Crippen LogP contribution in [0.25, 0.3) is 0 Å². The maximum atomic E-state index is 12.4. The molecule has 0 amide bonds. The van der Waals surface area contributed by atoms with Crippen LogP contribution in [-0.2, 0) is 19.1 Å². The molecule has 0 saturated carbocycles. The van der Waals surface area contributed by atoms with E-state index in [4.69, 9.17) is 9.47 Å². The van der Waals surface area contributed by atoms with Crippen molar-refractivity contribution >= 4 is 46.9 Å². The largest absolute Gasteiger partial charge is 0.392 e. The molecule has 9 heteroatoms. The summed E-state index contributed by atoms with van der Waals surface area (Å²) in [5.41, 5.74) is 0. The first-order chi connectivity index (χ1) is 13.5. The molecule has 4 rings (SSSR count). The SMILES string of the molecule is O=C1CCSC[C@H]1[C@@H](O)[C@@H]1CSC[C@H]([C@@H](O)[C@H]2CSCCC2=O)C12OCCO2. The number of aliphatic hydroxyl groups excluding tert-OH is 2. The van der Waals surface area contributed by atoms with Crippen LogP contribution >= 0.6 is 35.3 Å². The van der Waals surface area contributed by atoms with E-state index >= 15 is 0 Å². The molecule has 0 aliphatic carbocycles. The van der Waals surface area contributed by atoms with Gasteiger partial charge >= 0.3 is 0 Å². The minimum absolute atomic E-state index is 0.103. The third kappa shape index (κ3) is 3.92. The van der Waals surface area contributed by atoms with Crippen LogP contribution in [0, 0.1) is 23.7 Å². The molecule has 0 unspecified atom stereocenters. The van der Waals surface area contributed by atoms with E-state index in [9.17, 15) is 19.8 Å². The van der Waals surface area contributed by atoms with Crippen LogP contribution in [0.15, 0.2) is 0 Å². The van der Waals surface area contributed by atoms with Crippen molar-refractivity contribution in [2.45, 2.75) is 30.8 Å². The molecule has 0 aromatic carbocycles. The lowest BCUT2D eigenvalue weighted by Crippen LogP contribution is -2.62. The highest BCUT2D eigenvalue weighted by atomic mass is 32.2. The Hall–Kier alpha value is 0.230. The van der Waals surface area contributed by atoms with Crippen LogP contribution in [0.2, 0.25) is 0 Å². The van der Waals surface area contributed by atoms with Crippen molar-refractivity contribution in [2.24, 2.45) is 23.7 Å². The van der Waals surface area contributed by atoms with Gasteiger partial charge in [0.15, 0.2) is 5.79 Å². The lowest BCUT2D eigenvalue weighted by Gasteiger charge is -2.50. The van der Waals surface area contributed by atoms with E-state index in [0.29, 0.717) is 49.1 Å². The molecule has 4 heterocycles. The number of ketones is 2. The minimum atomic E-state index is -1.12. The van der Waals surface area contributed by atoms with Crippen LogP contribution < -0.4 is 0 Å². The predicted molar refractivity (Wildman–Crippen MR) is 112 cm³/mol. The Labute approximate surface area is 178 Å². The number of thioether (sulfide) groups is 3. The van der Waals surface area contributed by atoms with Crippen molar-refractivity contribution in [2.75, 3.05) is 47.7 Å². The summed E-state index contributed by atoms with van der Waals surface area (Å²) in [6.07, 6.45) is -0.753. The minimum Gasteiger partial charge on any atom is -0.392 e. The maximum absolute atomic E-state index is 12.4. The second kappa shape index (κ2) is 9.16. The van der Waals surface area contributed by atoms with E-state index in [-0.39, 0.29) is 11.6 Å². The van der Waals surface area contributed by atoms with E-state index in [1.54, 1.807) is 35.3 Å². The summed E-state index contributed by atoms with van der Waals surface area (Å²) < 4.78 is 12.2. The lowest BCUT2D eigenvalue weighted by atomic mass is 9.74. The lowest BCUT2D eigenvalue weighted by molar-refractivity contribution is -0.262. The van der Waals surface area contributed by atoms with Crippen LogP contribution in [0.5, 0.6) is 0 Å². The molecule has 2 N–H and O–H groups in total. The summed E-state index contributed by atoms with van der Waals surface area (Å²) in [6.45, 7) is 0.801. The molecule has 158 valence electrons. The Bertz CT molecular complexity index is 552. The van der Waals surface area contributed by atoms with Gasteiger partial charge in [-0.1, -0.05) is 0 Å². The smallest absolute Gasteiger partial charge is 0.180 e. The molecule has 0 aromatic rings. The molecule has 4 aliphatic rings. The Morgan fingerprint density at radius 1 is 0.786 bits per heavy atom. The summed E-state index contributed by atoms with van der Waals surface area (Å²) >= 11 is 5.03. The Kier molecular flexibility index (Phi) is 7.02. The molecule has 28 heavy (non-hydrogen) atoms. The van der Waals surface area contributed by atoms with E-state index < -0.39 is 41.7 Å². The number of ether oxygens (including phenoxy) is 2. The van der Waals surface area contributed by atoms with Gasteiger partial charge in [-0.15, -0.1) is 0 Å². The molecule has 0 aromatic heterocycles. The average Bonchev–Trinajstić information content (AvgIpc) is 3.17. The number of carbonyl (C=O) groups is 2. The molecule has 6 nitrogen and oxygen atoms in total. The van der Waals surface area contributed by atoms with E-state index in [1.165, 1.54) is 0 Å². The highest BCUT2D eigenvalue weighted by molar-refractivity contribution is 7.99. The summed E-state index contributed by atoms with van der Waals surface area (Å²) in [6, 6.07) is 0. The fraction of sp³-hybridized carbons (Fsp3) is 0.895. The monoisotopic (exact) mass is 448 g/mol. The standard InChI is InChI=1S/C19H28O6S3/c20-15-1-5-26-7-11(15)17(22)13-9-28-10-14(19(13)24-3-4-25-19)18(23)12-8-27-6-2-16(12)21/h11-14,17-18,22-23H,1-10H2/t11-,12+,13+,14-,17-,18+. The first kappa shape index (κ1) is 21.5. The molecular weight excluding hydrogens is 420 g/mol. The maximum Gasteiger partial charge on any atom is 0.180 e. The van der Waals surface area contributed by atoms with Gasteiger partial charge in [-0.2, -0.15) is 35.3 Å². The molecule has 4 saturated heterocycles. The predicted octanol–water partition coefficient (Wildman–Crippen LogP) is 1.07. The van der Waals surface area contributed by atoms with E-state index in [1.807, 2.05) is 0 Å². The second-order valence-corrected chi connectivity index (χ2v) is 11.3. The van der Waals surface area contributed by atoms with Gasteiger partial charge in [0.2, 0.25) is 0 Å². The summed E-state index contributed by atoms with van der Waals surface area (Å²) in [5, 5.41) is 22.4. The zero-order valence-electron chi connectivity index (χ0n) is 15.8. The normalized spacial score (nSPS) is 38.5. The second-order valence-electron chi connectivity index (χ2n) is 7.95. The zero-order valence-corrected chi connectivity index (χ0v) is 18.2. The first-order valence-electron chi connectivity index (χ1n) is 9.97.